The van der Waals surface area contributed by atoms with Gasteiger partial charge in [-0.15, -0.1) is 0 Å². The lowest BCUT2D eigenvalue weighted by atomic mass is 9.86. The summed E-state index contributed by atoms with van der Waals surface area (Å²) in [5.74, 6) is 0.213. The molecule has 0 bridgehead atoms. The Hall–Kier alpha value is -1.02. The van der Waals surface area contributed by atoms with Crippen molar-refractivity contribution in [2.75, 3.05) is 0 Å². The molecule has 3 heteroatoms. The molecule has 0 fully saturated rings. The van der Waals surface area contributed by atoms with E-state index in [0.29, 0.717) is 10.8 Å². The molecule has 0 unspecified atom stereocenters. The first-order chi connectivity index (χ1) is 6.82. The molecule has 1 rings (SSSR count). The van der Waals surface area contributed by atoms with Gasteiger partial charge in [-0.1, -0.05) is 38.4 Å². The van der Waals surface area contributed by atoms with Crippen LogP contribution >= 0.6 is 11.6 Å². The fourth-order valence-corrected chi connectivity index (χ4v) is 1.92. The molecule has 0 aromatic heterocycles. The highest BCUT2D eigenvalue weighted by atomic mass is 35.5. The summed E-state index contributed by atoms with van der Waals surface area (Å²) >= 11 is 6.11. The zero-order valence-corrected chi connectivity index (χ0v) is 10.2. The molecule has 15 heavy (non-hydrogen) atoms. The third-order valence-electron chi connectivity index (χ3n) is 1.98. The van der Waals surface area contributed by atoms with E-state index in [-0.39, 0.29) is 11.4 Å². The number of carbonyl (C=O) groups is 1. The molecule has 2 nitrogen and oxygen atoms in total. The number of hydrogen-bond donors (Lipinski definition) is 0. The molecule has 0 heterocycles. The number of rotatable bonds is 1. The van der Waals surface area contributed by atoms with E-state index in [1.807, 2.05) is 20.8 Å². The van der Waals surface area contributed by atoms with Crippen LogP contribution < -0.4 is 4.74 Å². The fourth-order valence-electron chi connectivity index (χ4n) is 1.47. The largest absolute Gasteiger partial charge is 0.426 e. The predicted molar refractivity (Wildman–Crippen MR) is 61.5 cm³/mol. The van der Waals surface area contributed by atoms with Crippen LogP contribution in [0.5, 0.6) is 5.75 Å². The number of hydrogen-bond acceptors (Lipinski definition) is 2. The summed E-state index contributed by atoms with van der Waals surface area (Å²) in [6.45, 7) is 7.47. The second-order valence-electron chi connectivity index (χ2n) is 4.46. The van der Waals surface area contributed by atoms with Gasteiger partial charge in [-0.25, -0.2) is 0 Å². The zero-order chi connectivity index (χ0) is 11.6. The Morgan fingerprint density at radius 2 is 1.93 bits per heavy atom. The summed E-state index contributed by atoms with van der Waals surface area (Å²) in [6.07, 6.45) is 0. The first kappa shape index (κ1) is 12.1. The Kier molecular flexibility index (Phi) is 3.40. The molecule has 0 saturated carbocycles. The highest BCUT2D eigenvalue weighted by Crippen LogP contribution is 2.36. The van der Waals surface area contributed by atoms with E-state index in [1.165, 1.54) is 6.92 Å². The smallest absolute Gasteiger partial charge is 0.308 e. The van der Waals surface area contributed by atoms with Crippen LogP contribution in [0.2, 0.25) is 5.02 Å². The molecular formula is C12H15ClO2. The number of ether oxygens (including phenoxy) is 1. The maximum atomic E-state index is 10.9. The molecule has 0 amide bonds. The van der Waals surface area contributed by atoms with Gasteiger partial charge in [0.05, 0.1) is 0 Å². The van der Waals surface area contributed by atoms with Crippen LogP contribution in [0.4, 0.5) is 0 Å². The zero-order valence-electron chi connectivity index (χ0n) is 9.43. The number of esters is 1. The van der Waals surface area contributed by atoms with E-state index in [0.717, 1.165) is 5.56 Å². The van der Waals surface area contributed by atoms with Gasteiger partial charge in [0.2, 0.25) is 0 Å². The Morgan fingerprint density at radius 1 is 1.33 bits per heavy atom. The summed E-state index contributed by atoms with van der Waals surface area (Å²) in [5, 5.41) is 0.626. The van der Waals surface area contributed by atoms with Crippen molar-refractivity contribution in [1.82, 2.24) is 0 Å². The second-order valence-corrected chi connectivity index (χ2v) is 4.86. The standard InChI is InChI=1S/C12H15ClO2/c1-8(14)15-10-7-5-6-9(13)11(10)12(2,3)4/h5-7H,1-4H3. The van der Waals surface area contributed by atoms with Gasteiger partial charge in [0, 0.05) is 17.5 Å². The van der Waals surface area contributed by atoms with E-state index in [2.05, 4.69) is 0 Å². The summed E-state index contributed by atoms with van der Waals surface area (Å²) in [7, 11) is 0. The average Bonchev–Trinajstić information content (AvgIpc) is 1.99. The van der Waals surface area contributed by atoms with Gasteiger partial charge in [-0.05, 0) is 17.5 Å². The predicted octanol–water partition coefficient (Wildman–Crippen LogP) is 3.56. The summed E-state index contributed by atoms with van der Waals surface area (Å²) in [6, 6.07) is 5.33. The minimum atomic E-state index is -0.331. The lowest BCUT2D eigenvalue weighted by Gasteiger charge is -2.23. The molecule has 0 radical (unpaired) electrons. The van der Waals surface area contributed by atoms with Crippen molar-refractivity contribution in [2.45, 2.75) is 33.1 Å². The molecule has 82 valence electrons. The maximum absolute atomic E-state index is 10.9. The Bertz CT molecular complexity index is 378. The number of benzene rings is 1. The van der Waals surface area contributed by atoms with Gasteiger partial charge in [0.25, 0.3) is 0 Å². The quantitative estimate of drug-likeness (QED) is 0.541. The SMILES string of the molecule is CC(=O)Oc1cccc(Cl)c1C(C)(C)C. The van der Waals surface area contributed by atoms with Gasteiger partial charge >= 0.3 is 5.97 Å². The van der Waals surface area contributed by atoms with Crippen molar-refractivity contribution < 1.29 is 9.53 Å². The van der Waals surface area contributed by atoms with Crippen LogP contribution in [0.3, 0.4) is 0 Å². The molecule has 0 aliphatic heterocycles. The van der Waals surface area contributed by atoms with Crippen molar-refractivity contribution in [3.8, 4) is 5.75 Å². The molecule has 1 aromatic carbocycles. The Morgan fingerprint density at radius 3 is 2.40 bits per heavy atom. The van der Waals surface area contributed by atoms with Crippen molar-refractivity contribution in [1.29, 1.82) is 0 Å². The molecule has 0 spiro atoms. The molecule has 0 N–H and O–H groups in total. The van der Waals surface area contributed by atoms with Crippen LogP contribution in [0.25, 0.3) is 0 Å². The first-order valence-corrected chi connectivity index (χ1v) is 5.17. The van der Waals surface area contributed by atoms with Gasteiger partial charge in [0.15, 0.2) is 0 Å². The van der Waals surface area contributed by atoms with Crippen molar-refractivity contribution >= 4 is 17.6 Å². The normalized spacial score (nSPS) is 11.3. The Balaban J connectivity index is 3.27. The van der Waals surface area contributed by atoms with Gasteiger partial charge in [0.1, 0.15) is 5.75 Å². The lowest BCUT2D eigenvalue weighted by Crippen LogP contribution is -2.15. The number of halogens is 1. The molecule has 1 aromatic rings. The van der Waals surface area contributed by atoms with E-state index in [9.17, 15) is 4.79 Å². The van der Waals surface area contributed by atoms with Crippen LogP contribution in [-0.2, 0) is 10.2 Å². The maximum Gasteiger partial charge on any atom is 0.308 e. The Labute approximate surface area is 95.2 Å². The highest BCUT2D eigenvalue weighted by Gasteiger charge is 2.22. The minimum absolute atomic E-state index is 0.150. The average molecular weight is 227 g/mol. The van der Waals surface area contributed by atoms with Crippen molar-refractivity contribution in [3.05, 3.63) is 28.8 Å². The third-order valence-corrected chi connectivity index (χ3v) is 2.29. The minimum Gasteiger partial charge on any atom is -0.426 e. The van der Waals surface area contributed by atoms with Crippen LogP contribution in [-0.4, -0.2) is 5.97 Å². The second kappa shape index (κ2) is 4.23. The fraction of sp³-hybridized carbons (Fsp3) is 0.417. The lowest BCUT2D eigenvalue weighted by molar-refractivity contribution is -0.131. The summed E-state index contributed by atoms with van der Waals surface area (Å²) in [4.78, 5) is 10.9. The molecule has 0 atom stereocenters. The third kappa shape index (κ3) is 2.96. The van der Waals surface area contributed by atoms with E-state index < -0.39 is 0 Å². The van der Waals surface area contributed by atoms with E-state index in [1.54, 1.807) is 18.2 Å². The van der Waals surface area contributed by atoms with E-state index in [4.69, 9.17) is 16.3 Å². The van der Waals surface area contributed by atoms with E-state index >= 15 is 0 Å². The van der Waals surface area contributed by atoms with Gasteiger partial charge in [-0.3, -0.25) is 4.79 Å². The van der Waals surface area contributed by atoms with Gasteiger partial charge in [-0.2, -0.15) is 0 Å². The molecule has 0 saturated heterocycles. The molecule has 0 aliphatic carbocycles. The van der Waals surface area contributed by atoms with Crippen molar-refractivity contribution in [3.63, 3.8) is 0 Å². The molecular weight excluding hydrogens is 212 g/mol. The topological polar surface area (TPSA) is 26.3 Å². The molecule has 0 aliphatic rings. The monoisotopic (exact) mass is 226 g/mol. The van der Waals surface area contributed by atoms with Crippen molar-refractivity contribution in [2.24, 2.45) is 0 Å². The number of carbonyl (C=O) groups excluding carboxylic acids is 1. The van der Waals surface area contributed by atoms with Crippen LogP contribution in [0.1, 0.15) is 33.3 Å². The first-order valence-electron chi connectivity index (χ1n) is 4.80. The van der Waals surface area contributed by atoms with Crippen LogP contribution in [0, 0.1) is 0 Å². The van der Waals surface area contributed by atoms with Gasteiger partial charge < -0.3 is 4.74 Å². The summed E-state index contributed by atoms with van der Waals surface area (Å²) < 4.78 is 5.13. The summed E-state index contributed by atoms with van der Waals surface area (Å²) in [5.41, 5.74) is 0.713. The van der Waals surface area contributed by atoms with Crippen LogP contribution in [0.15, 0.2) is 18.2 Å². The highest BCUT2D eigenvalue weighted by molar-refractivity contribution is 6.31.